The summed E-state index contributed by atoms with van der Waals surface area (Å²) >= 11 is 5.76. The molecule has 1 heterocycles. The Morgan fingerprint density at radius 3 is 2.76 bits per heavy atom. The van der Waals surface area contributed by atoms with E-state index in [1.807, 2.05) is 0 Å². The summed E-state index contributed by atoms with van der Waals surface area (Å²) in [4.78, 5) is 13.0. The molecule has 0 radical (unpaired) electrons. The van der Waals surface area contributed by atoms with Crippen molar-refractivity contribution in [2.24, 2.45) is 0 Å². The Morgan fingerprint density at radius 2 is 2.12 bits per heavy atom. The Labute approximate surface area is 100 Å². The highest BCUT2D eigenvalue weighted by atomic mass is 35.5. The van der Waals surface area contributed by atoms with E-state index in [1.165, 1.54) is 6.07 Å². The minimum Gasteiger partial charge on any atom is -0.477 e. The van der Waals surface area contributed by atoms with Crippen LogP contribution in [-0.2, 0) is 11.2 Å². The molecule has 0 saturated heterocycles. The van der Waals surface area contributed by atoms with Gasteiger partial charge in [-0.05, 0) is 24.3 Å². The number of halogens is 3. The van der Waals surface area contributed by atoms with Gasteiger partial charge in [0.1, 0.15) is 0 Å². The van der Waals surface area contributed by atoms with Crippen molar-refractivity contribution in [3.63, 3.8) is 0 Å². The summed E-state index contributed by atoms with van der Waals surface area (Å²) in [7, 11) is 0. The van der Waals surface area contributed by atoms with E-state index >= 15 is 0 Å². The minimum atomic E-state index is -3.77. The van der Waals surface area contributed by atoms with E-state index in [9.17, 15) is 13.6 Å². The molecule has 0 aliphatic carbocycles. The maximum absolute atomic E-state index is 13.0. The number of rotatable bonds is 3. The maximum Gasteiger partial charge on any atom is 0.374 e. The van der Waals surface area contributed by atoms with Gasteiger partial charge in [-0.3, -0.25) is 0 Å². The fraction of sp³-hybridized carbons (Fsp3) is 0.182. The van der Waals surface area contributed by atoms with Gasteiger partial charge in [0.2, 0.25) is 0 Å². The lowest BCUT2D eigenvalue weighted by atomic mass is 10.2. The Balaban J connectivity index is 2.34. The van der Waals surface area contributed by atoms with Gasteiger partial charge in [-0.15, -0.1) is 0 Å². The normalized spacial score (nSPS) is 11.9. The molecule has 2 aromatic rings. The number of H-pyrrole nitrogens is 1. The Bertz CT molecular complexity index is 580. The molecule has 0 spiro atoms. The van der Waals surface area contributed by atoms with Crippen molar-refractivity contribution in [2.45, 2.75) is 12.3 Å². The molecule has 0 fully saturated rings. The standard InChI is InChI=1S/C11H8ClF2NO2/c12-7-1-2-9-6(3-7)4-8(15-9)5-11(13,14)10(16)17/h1-4,15H,5H2,(H,16,17). The van der Waals surface area contributed by atoms with E-state index in [0.717, 1.165) is 0 Å². The first kappa shape index (κ1) is 11.9. The number of aliphatic carboxylic acids is 1. The highest BCUT2D eigenvalue weighted by Crippen LogP contribution is 2.24. The van der Waals surface area contributed by atoms with Gasteiger partial charge in [0, 0.05) is 21.6 Å². The first-order valence-corrected chi connectivity index (χ1v) is 5.15. The van der Waals surface area contributed by atoms with Crippen LogP contribution in [0, 0.1) is 0 Å². The van der Waals surface area contributed by atoms with E-state index in [2.05, 4.69) is 4.98 Å². The largest absolute Gasteiger partial charge is 0.477 e. The second-order valence-electron chi connectivity index (χ2n) is 3.71. The average Bonchev–Trinajstić information content (AvgIpc) is 2.57. The zero-order valence-corrected chi connectivity index (χ0v) is 9.26. The van der Waals surface area contributed by atoms with Crippen molar-refractivity contribution in [3.8, 4) is 0 Å². The number of carboxylic acid groups (broad SMARTS) is 1. The van der Waals surface area contributed by atoms with Gasteiger partial charge in [-0.1, -0.05) is 11.6 Å². The highest BCUT2D eigenvalue weighted by Gasteiger charge is 2.39. The van der Waals surface area contributed by atoms with Crippen LogP contribution in [0.4, 0.5) is 8.78 Å². The number of fused-ring (bicyclic) bond motifs is 1. The molecule has 0 unspecified atom stereocenters. The summed E-state index contributed by atoms with van der Waals surface area (Å²) in [5.74, 6) is -5.90. The topological polar surface area (TPSA) is 53.1 Å². The first-order chi connectivity index (χ1) is 7.88. The minimum absolute atomic E-state index is 0.162. The molecule has 0 aliphatic rings. The number of hydrogen-bond donors (Lipinski definition) is 2. The molecule has 0 saturated carbocycles. The molecule has 1 aromatic carbocycles. The average molecular weight is 260 g/mol. The third kappa shape index (κ3) is 2.39. The fourth-order valence-electron chi connectivity index (χ4n) is 1.57. The summed E-state index contributed by atoms with van der Waals surface area (Å²) < 4.78 is 26.0. The second-order valence-corrected chi connectivity index (χ2v) is 4.15. The van der Waals surface area contributed by atoms with Gasteiger partial charge in [0.15, 0.2) is 0 Å². The zero-order chi connectivity index (χ0) is 12.6. The van der Waals surface area contributed by atoms with E-state index in [0.29, 0.717) is 15.9 Å². The van der Waals surface area contributed by atoms with Crippen molar-refractivity contribution in [2.75, 3.05) is 0 Å². The Hall–Kier alpha value is -1.62. The molecule has 90 valence electrons. The van der Waals surface area contributed by atoms with Gasteiger partial charge >= 0.3 is 11.9 Å². The van der Waals surface area contributed by atoms with Crippen molar-refractivity contribution in [3.05, 3.63) is 35.0 Å². The van der Waals surface area contributed by atoms with Crippen LogP contribution in [0.5, 0.6) is 0 Å². The lowest BCUT2D eigenvalue weighted by molar-refractivity contribution is -0.164. The van der Waals surface area contributed by atoms with Crippen LogP contribution in [-0.4, -0.2) is 22.0 Å². The number of aromatic amines is 1. The van der Waals surface area contributed by atoms with Crippen molar-refractivity contribution >= 4 is 28.5 Å². The third-order valence-corrected chi connectivity index (χ3v) is 2.60. The smallest absolute Gasteiger partial charge is 0.374 e. The number of benzene rings is 1. The van der Waals surface area contributed by atoms with Crippen molar-refractivity contribution < 1.29 is 18.7 Å². The summed E-state index contributed by atoms with van der Waals surface area (Å²) in [6, 6.07) is 6.37. The first-order valence-electron chi connectivity index (χ1n) is 4.77. The zero-order valence-electron chi connectivity index (χ0n) is 8.51. The van der Waals surface area contributed by atoms with E-state index in [-0.39, 0.29) is 5.69 Å². The van der Waals surface area contributed by atoms with E-state index in [1.54, 1.807) is 18.2 Å². The number of nitrogens with one attached hydrogen (secondary N) is 1. The number of hydrogen-bond acceptors (Lipinski definition) is 1. The van der Waals surface area contributed by atoms with E-state index < -0.39 is 18.3 Å². The van der Waals surface area contributed by atoms with Crippen LogP contribution in [0.25, 0.3) is 10.9 Å². The lowest BCUT2D eigenvalue weighted by Crippen LogP contribution is -2.30. The van der Waals surface area contributed by atoms with Crippen LogP contribution in [0.3, 0.4) is 0 Å². The summed E-state index contributed by atoms with van der Waals surface area (Å²) in [5.41, 5.74) is 0.806. The molecule has 0 aliphatic heterocycles. The Kier molecular flexibility index (Phi) is 2.79. The number of aromatic nitrogens is 1. The lowest BCUT2D eigenvalue weighted by Gasteiger charge is -2.08. The summed E-state index contributed by atoms with van der Waals surface area (Å²) in [5, 5.41) is 9.50. The number of carbonyl (C=O) groups is 1. The molecule has 2 N–H and O–H groups in total. The second kappa shape index (κ2) is 4.00. The SMILES string of the molecule is O=C(O)C(F)(F)Cc1cc2cc(Cl)ccc2[nH]1. The monoisotopic (exact) mass is 259 g/mol. The van der Waals surface area contributed by atoms with Gasteiger partial charge in [0.05, 0.1) is 6.42 Å². The predicted octanol–water partition coefficient (Wildman–Crippen LogP) is 3.08. The van der Waals surface area contributed by atoms with E-state index in [4.69, 9.17) is 16.7 Å². The van der Waals surface area contributed by atoms with Crippen molar-refractivity contribution in [1.29, 1.82) is 0 Å². The van der Waals surface area contributed by atoms with Gasteiger partial charge in [0.25, 0.3) is 0 Å². The summed E-state index contributed by atoms with van der Waals surface area (Å²) in [6.07, 6.45) is -0.866. The predicted molar refractivity (Wildman–Crippen MR) is 59.6 cm³/mol. The third-order valence-electron chi connectivity index (χ3n) is 2.36. The molecule has 1 aromatic heterocycles. The Morgan fingerprint density at radius 1 is 1.41 bits per heavy atom. The molecule has 0 amide bonds. The summed E-state index contributed by atoms with van der Waals surface area (Å²) in [6.45, 7) is 0. The van der Waals surface area contributed by atoms with Gasteiger partial charge in [-0.2, -0.15) is 8.78 Å². The quantitative estimate of drug-likeness (QED) is 0.890. The molecular formula is C11H8ClF2NO2. The van der Waals surface area contributed by atoms with Crippen LogP contribution in [0.1, 0.15) is 5.69 Å². The molecule has 0 bridgehead atoms. The van der Waals surface area contributed by atoms with Gasteiger partial charge in [-0.25, -0.2) is 4.79 Å². The maximum atomic E-state index is 13.0. The van der Waals surface area contributed by atoms with Crippen LogP contribution in [0.15, 0.2) is 24.3 Å². The molecule has 3 nitrogen and oxygen atoms in total. The molecule has 6 heteroatoms. The molecule has 17 heavy (non-hydrogen) atoms. The van der Waals surface area contributed by atoms with Crippen LogP contribution in [0.2, 0.25) is 5.02 Å². The van der Waals surface area contributed by atoms with Gasteiger partial charge < -0.3 is 10.1 Å². The molecular weight excluding hydrogens is 252 g/mol. The van der Waals surface area contributed by atoms with Crippen LogP contribution < -0.4 is 0 Å². The van der Waals surface area contributed by atoms with Crippen molar-refractivity contribution in [1.82, 2.24) is 4.98 Å². The number of carboxylic acids is 1. The fourth-order valence-corrected chi connectivity index (χ4v) is 1.75. The highest BCUT2D eigenvalue weighted by molar-refractivity contribution is 6.31. The molecule has 2 rings (SSSR count). The molecule has 0 atom stereocenters. The van der Waals surface area contributed by atoms with Crippen LogP contribution >= 0.6 is 11.6 Å². The number of alkyl halides is 2.